The first-order valence-electron chi connectivity index (χ1n) is 7.03. The van der Waals surface area contributed by atoms with E-state index in [0.29, 0.717) is 0 Å². The molecule has 1 rings (SSSR count). The van der Waals surface area contributed by atoms with Crippen LogP contribution in [0.5, 0.6) is 0 Å². The SMILES string of the molecule is CCN(CCCC(C)(C)C(=N)N)c1cccc(C)c1. The Bertz CT molecular complexity index is 424. The highest BCUT2D eigenvalue weighted by Crippen LogP contribution is 2.23. The van der Waals surface area contributed by atoms with Crippen LogP contribution in [0.3, 0.4) is 0 Å². The maximum atomic E-state index is 7.58. The number of nitrogens with two attached hydrogens (primary N) is 1. The zero-order valence-electron chi connectivity index (χ0n) is 12.7. The first kappa shape index (κ1) is 15.5. The van der Waals surface area contributed by atoms with E-state index in [-0.39, 0.29) is 11.3 Å². The Kier molecular flexibility index (Phi) is 5.40. The summed E-state index contributed by atoms with van der Waals surface area (Å²) in [5, 5.41) is 7.58. The third kappa shape index (κ3) is 4.58. The average molecular weight is 261 g/mol. The first-order valence-corrected chi connectivity index (χ1v) is 7.03. The molecule has 3 N–H and O–H groups in total. The highest BCUT2D eigenvalue weighted by molar-refractivity contribution is 5.82. The van der Waals surface area contributed by atoms with Crippen molar-refractivity contribution in [2.75, 3.05) is 18.0 Å². The second-order valence-electron chi connectivity index (χ2n) is 5.82. The minimum absolute atomic E-state index is 0.188. The molecule has 0 heterocycles. The van der Waals surface area contributed by atoms with Gasteiger partial charge in [-0.2, -0.15) is 0 Å². The van der Waals surface area contributed by atoms with Gasteiger partial charge in [0, 0.05) is 24.2 Å². The van der Waals surface area contributed by atoms with E-state index in [4.69, 9.17) is 11.1 Å². The van der Waals surface area contributed by atoms with Gasteiger partial charge in [-0.15, -0.1) is 0 Å². The fourth-order valence-corrected chi connectivity index (χ4v) is 2.14. The summed E-state index contributed by atoms with van der Waals surface area (Å²) in [5.74, 6) is 0.283. The number of hydrogen-bond acceptors (Lipinski definition) is 2. The zero-order chi connectivity index (χ0) is 14.5. The summed E-state index contributed by atoms with van der Waals surface area (Å²) in [5.41, 5.74) is 8.00. The van der Waals surface area contributed by atoms with Gasteiger partial charge in [0.2, 0.25) is 0 Å². The molecule has 0 unspecified atom stereocenters. The average Bonchev–Trinajstić information content (AvgIpc) is 2.34. The van der Waals surface area contributed by atoms with Crippen LogP contribution in [-0.4, -0.2) is 18.9 Å². The first-order chi connectivity index (χ1) is 8.86. The van der Waals surface area contributed by atoms with Crippen molar-refractivity contribution in [3.05, 3.63) is 29.8 Å². The second kappa shape index (κ2) is 6.60. The summed E-state index contributed by atoms with van der Waals surface area (Å²) in [4.78, 5) is 2.38. The molecule has 0 aliphatic rings. The Morgan fingerprint density at radius 2 is 2.05 bits per heavy atom. The van der Waals surface area contributed by atoms with Gasteiger partial charge in [-0.1, -0.05) is 26.0 Å². The molecule has 3 heteroatoms. The number of rotatable bonds is 7. The Balaban J connectivity index is 2.57. The van der Waals surface area contributed by atoms with Crippen LogP contribution in [-0.2, 0) is 0 Å². The molecule has 0 aliphatic heterocycles. The summed E-state index contributed by atoms with van der Waals surface area (Å²) in [6, 6.07) is 8.61. The lowest BCUT2D eigenvalue weighted by Crippen LogP contribution is -2.32. The Labute approximate surface area is 117 Å². The van der Waals surface area contributed by atoms with Crippen LogP contribution in [0, 0.1) is 17.7 Å². The standard InChI is InChI=1S/C16H27N3/c1-5-19(14-9-6-8-13(2)12-14)11-7-10-16(3,4)15(17)18/h6,8-9,12H,5,7,10-11H2,1-4H3,(H3,17,18). The Morgan fingerprint density at radius 3 is 2.58 bits per heavy atom. The molecule has 0 saturated carbocycles. The molecule has 0 atom stereocenters. The molecular formula is C16H27N3. The molecule has 0 amide bonds. The zero-order valence-corrected chi connectivity index (χ0v) is 12.7. The summed E-state index contributed by atoms with van der Waals surface area (Å²) in [6.07, 6.45) is 2.00. The molecule has 0 fully saturated rings. The minimum atomic E-state index is -0.188. The van der Waals surface area contributed by atoms with E-state index in [9.17, 15) is 0 Å². The van der Waals surface area contributed by atoms with Gasteiger partial charge in [-0.05, 0) is 44.4 Å². The smallest absolute Gasteiger partial charge is 0.0963 e. The van der Waals surface area contributed by atoms with Crippen molar-refractivity contribution in [3.63, 3.8) is 0 Å². The van der Waals surface area contributed by atoms with Crippen molar-refractivity contribution in [3.8, 4) is 0 Å². The topological polar surface area (TPSA) is 53.1 Å². The van der Waals surface area contributed by atoms with Gasteiger partial charge >= 0.3 is 0 Å². The van der Waals surface area contributed by atoms with Gasteiger partial charge in [0.15, 0.2) is 0 Å². The van der Waals surface area contributed by atoms with E-state index < -0.39 is 0 Å². The van der Waals surface area contributed by atoms with Crippen LogP contribution in [0.2, 0.25) is 0 Å². The van der Waals surface area contributed by atoms with Crippen molar-refractivity contribution in [2.24, 2.45) is 11.1 Å². The normalized spacial score (nSPS) is 11.4. The lowest BCUT2D eigenvalue weighted by molar-refractivity contribution is 0.450. The molecule has 0 aliphatic carbocycles. The van der Waals surface area contributed by atoms with Crippen LogP contribution in [0.25, 0.3) is 0 Å². The molecule has 0 saturated heterocycles. The third-order valence-corrected chi connectivity index (χ3v) is 3.71. The number of benzene rings is 1. The predicted octanol–water partition coefficient (Wildman–Crippen LogP) is 3.56. The maximum absolute atomic E-state index is 7.58. The van der Waals surface area contributed by atoms with Crippen molar-refractivity contribution >= 4 is 11.5 Å². The van der Waals surface area contributed by atoms with E-state index in [0.717, 1.165) is 25.9 Å². The summed E-state index contributed by atoms with van der Waals surface area (Å²) >= 11 is 0. The molecule has 0 aromatic heterocycles. The van der Waals surface area contributed by atoms with Crippen LogP contribution in [0.1, 0.15) is 39.2 Å². The third-order valence-electron chi connectivity index (χ3n) is 3.71. The predicted molar refractivity (Wildman–Crippen MR) is 84.0 cm³/mol. The van der Waals surface area contributed by atoms with Crippen LogP contribution in [0.4, 0.5) is 5.69 Å². The molecule has 106 valence electrons. The maximum Gasteiger partial charge on any atom is 0.0963 e. The van der Waals surface area contributed by atoms with Gasteiger partial charge in [-0.3, -0.25) is 5.41 Å². The molecular weight excluding hydrogens is 234 g/mol. The van der Waals surface area contributed by atoms with Crippen molar-refractivity contribution in [1.29, 1.82) is 5.41 Å². The number of amidine groups is 1. The van der Waals surface area contributed by atoms with Crippen molar-refractivity contribution in [1.82, 2.24) is 0 Å². The highest BCUT2D eigenvalue weighted by Gasteiger charge is 2.21. The van der Waals surface area contributed by atoms with E-state index in [1.807, 2.05) is 13.8 Å². The number of anilines is 1. The number of aryl methyl sites for hydroxylation is 1. The van der Waals surface area contributed by atoms with Crippen LogP contribution >= 0.6 is 0 Å². The number of hydrogen-bond donors (Lipinski definition) is 2. The van der Waals surface area contributed by atoms with Crippen molar-refractivity contribution < 1.29 is 0 Å². The van der Waals surface area contributed by atoms with Crippen LogP contribution in [0.15, 0.2) is 24.3 Å². The van der Waals surface area contributed by atoms with Gasteiger partial charge < -0.3 is 10.6 Å². The van der Waals surface area contributed by atoms with E-state index in [2.05, 4.69) is 43.0 Å². The van der Waals surface area contributed by atoms with Gasteiger partial charge in [-0.25, -0.2) is 0 Å². The number of nitrogens with one attached hydrogen (secondary N) is 1. The lowest BCUT2D eigenvalue weighted by Gasteiger charge is -2.27. The molecule has 1 aromatic carbocycles. The summed E-state index contributed by atoms with van der Waals surface area (Å²) in [7, 11) is 0. The molecule has 0 radical (unpaired) electrons. The monoisotopic (exact) mass is 261 g/mol. The molecule has 19 heavy (non-hydrogen) atoms. The fourth-order valence-electron chi connectivity index (χ4n) is 2.14. The molecule has 0 spiro atoms. The quantitative estimate of drug-likeness (QED) is 0.582. The van der Waals surface area contributed by atoms with E-state index >= 15 is 0 Å². The Morgan fingerprint density at radius 1 is 1.37 bits per heavy atom. The highest BCUT2D eigenvalue weighted by atomic mass is 15.1. The van der Waals surface area contributed by atoms with Gasteiger partial charge in [0.05, 0.1) is 5.84 Å². The largest absolute Gasteiger partial charge is 0.387 e. The van der Waals surface area contributed by atoms with E-state index in [1.54, 1.807) is 0 Å². The minimum Gasteiger partial charge on any atom is -0.387 e. The second-order valence-corrected chi connectivity index (χ2v) is 5.82. The summed E-state index contributed by atoms with van der Waals surface area (Å²) < 4.78 is 0. The molecule has 0 bridgehead atoms. The Hall–Kier alpha value is -1.51. The number of nitrogens with zero attached hydrogens (tertiary/aromatic N) is 1. The van der Waals surface area contributed by atoms with E-state index in [1.165, 1.54) is 11.3 Å². The lowest BCUT2D eigenvalue weighted by atomic mass is 9.86. The summed E-state index contributed by atoms with van der Waals surface area (Å²) in [6.45, 7) is 10.4. The van der Waals surface area contributed by atoms with Crippen molar-refractivity contribution in [2.45, 2.75) is 40.5 Å². The molecule has 1 aromatic rings. The fraction of sp³-hybridized carbons (Fsp3) is 0.562. The van der Waals surface area contributed by atoms with Crippen LogP contribution < -0.4 is 10.6 Å². The molecule has 3 nitrogen and oxygen atoms in total. The van der Waals surface area contributed by atoms with Gasteiger partial charge in [0.25, 0.3) is 0 Å². The van der Waals surface area contributed by atoms with Gasteiger partial charge in [0.1, 0.15) is 0 Å².